The van der Waals surface area contributed by atoms with Crippen LogP contribution in [0.4, 0.5) is 5.69 Å². The summed E-state index contributed by atoms with van der Waals surface area (Å²) in [4.78, 5) is 27.7. The number of carbonyl (C=O) groups is 2. The average Bonchev–Trinajstić information content (AvgIpc) is 2.98. The Morgan fingerprint density at radius 1 is 1.09 bits per heavy atom. The fraction of sp³-hybridized carbons (Fsp3) is 0.333. The summed E-state index contributed by atoms with van der Waals surface area (Å²) < 4.78 is 0. The molecule has 0 spiro atoms. The molecule has 5 heteroatoms. The molecule has 120 valence electrons. The first kappa shape index (κ1) is 15.7. The van der Waals surface area contributed by atoms with Crippen molar-refractivity contribution in [3.63, 3.8) is 0 Å². The second-order valence-corrected chi connectivity index (χ2v) is 6.92. The van der Waals surface area contributed by atoms with Gasteiger partial charge in [-0.1, -0.05) is 12.1 Å². The second kappa shape index (κ2) is 6.54. The number of nitrogens with zero attached hydrogens (tertiary/aromatic N) is 1. The van der Waals surface area contributed by atoms with Gasteiger partial charge in [0.2, 0.25) is 0 Å². The second-order valence-electron chi connectivity index (χ2n) is 5.96. The third-order valence-electron chi connectivity index (χ3n) is 4.12. The van der Waals surface area contributed by atoms with E-state index in [9.17, 15) is 9.59 Å². The predicted octanol–water partition coefficient (Wildman–Crippen LogP) is 3.58. The highest BCUT2D eigenvalue weighted by Crippen LogP contribution is 2.31. The minimum Gasteiger partial charge on any atom is -0.345 e. The van der Waals surface area contributed by atoms with Crippen LogP contribution in [0.15, 0.2) is 29.6 Å². The number of fused-ring (bicyclic) bond motifs is 1. The molecule has 4 nitrogen and oxygen atoms in total. The summed E-state index contributed by atoms with van der Waals surface area (Å²) in [5.74, 6) is -0.239. The fourth-order valence-electron chi connectivity index (χ4n) is 2.89. The van der Waals surface area contributed by atoms with E-state index in [-0.39, 0.29) is 11.8 Å². The number of nitrogens with one attached hydrogen (secondary N) is 1. The van der Waals surface area contributed by atoms with Crippen LogP contribution in [0.3, 0.4) is 0 Å². The average molecular weight is 328 g/mol. The Kier molecular flexibility index (Phi) is 4.48. The van der Waals surface area contributed by atoms with Crippen molar-refractivity contribution in [2.24, 2.45) is 0 Å². The van der Waals surface area contributed by atoms with Gasteiger partial charge < -0.3 is 10.2 Å². The Morgan fingerprint density at radius 2 is 1.83 bits per heavy atom. The number of amides is 2. The number of thiophene rings is 1. The number of hydrogen-bond acceptors (Lipinski definition) is 3. The summed E-state index contributed by atoms with van der Waals surface area (Å²) in [6, 6.07) is 7.14. The van der Waals surface area contributed by atoms with Gasteiger partial charge in [-0.25, -0.2) is 0 Å². The van der Waals surface area contributed by atoms with E-state index in [2.05, 4.69) is 5.32 Å². The molecule has 3 rings (SSSR count). The van der Waals surface area contributed by atoms with Gasteiger partial charge in [0.15, 0.2) is 0 Å². The first-order valence-corrected chi connectivity index (χ1v) is 8.67. The van der Waals surface area contributed by atoms with Crippen LogP contribution in [0.25, 0.3) is 0 Å². The zero-order valence-corrected chi connectivity index (χ0v) is 14.2. The zero-order valence-electron chi connectivity index (χ0n) is 13.4. The summed E-state index contributed by atoms with van der Waals surface area (Å²) in [7, 11) is 3.41. The van der Waals surface area contributed by atoms with Crippen molar-refractivity contribution >= 4 is 28.8 Å². The molecule has 0 radical (unpaired) electrons. The van der Waals surface area contributed by atoms with E-state index >= 15 is 0 Å². The third kappa shape index (κ3) is 3.15. The standard InChI is InChI=1S/C18H20N2O2S/c1-20(2)18(22)13-8-3-5-9-15(13)19-17(21)14-11-23-16-10-6-4-7-12(14)16/h3,5,8-9,11H,4,6-7,10H2,1-2H3,(H,19,21). The highest BCUT2D eigenvalue weighted by atomic mass is 32.1. The van der Waals surface area contributed by atoms with Crippen LogP contribution in [0.2, 0.25) is 0 Å². The van der Waals surface area contributed by atoms with E-state index in [4.69, 9.17) is 0 Å². The van der Waals surface area contributed by atoms with Crippen LogP contribution in [0.1, 0.15) is 44.0 Å². The van der Waals surface area contributed by atoms with Crippen molar-refractivity contribution in [2.45, 2.75) is 25.7 Å². The van der Waals surface area contributed by atoms with E-state index in [1.54, 1.807) is 43.6 Å². The SMILES string of the molecule is CN(C)C(=O)c1ccccc1NC(=O)c1csc2c1CCCC2. The predicted molar refractivity (Wildman–Crippen MR) is 93.4 cm³/mol. The van der Waals surface area contributed by atoms with Crippen molar-refractivity contribution in [3.8, 4) is 0 Å². The lowest BCUT2D eigenvalue weighted by Gasteiger charge is -2.16. The maximum Gasteiger partial charge on any atom is 0.256 e. The van der Waals surface area contributed by atoms with Crippen molar-refractivity contribution in [3.05, 3.63) is 51.2 Å². The van der Waals surface area contributed by atoms with Gasteiger partial charge in [-0.15, -0.1) is 11.3 Å². The number of aryl methyl sites for hydroxylation is 1. The van der Waals surface area contributed by atoms with Crippen molar-refractivity contribution in [1.29, 1.82) is 0 Å². The largest absolute Gasteiger partial charge is 0.345 e. The lowest BCUT2D eigenvalue weighted by Crippen LogP contribution is -2.24. The van der Waals surface area contributed by atoms with Crippen molar-refractivity contribution < 1.29 is 9.59 Å². The van der Waals surface area contributed by atoms with E-state index < -0.39 is 0 Å². The highest BCUT2D eigenvalue weighted by Gasteiger charge is 2.21. The zero-order chi connectivity index (χ0) is 16.4. The van der Waals surface area contributed by atoms with Crippen LogP contribution >= 0.6 is 11.3 Å². The van der Waals surface area contributed by atoms with Crippen molar-refractivity contribution in [1.82, 2.24) is 4.90 Å². The summed E-state index contributed by atoms with van der Waals surface area (Å²) in [5, 5.41) is 4.87. The molecule has 0 saturated carbocycles. The maximum absolute atomic E-state index is 12.7. The van der Waals surface area contributed by atoms with Crippen LogP contribution in [-0.2, 0) is 12.8 Å². The Bertz CT molecular complexity index is 749. The smallest absolute Gasteiger partial charge is 0.256 e. The molecule has 1 aliphatic rings. The lowest BCUT2D eigenvalue weighted by molar-refractivity contribution is 0.0828. The molecule has 1 aliphatic carbocycles. The first-order valence-electron chi connectivity index (χ1n) is 7.79. The van der Waals surface area contributed by atoms with E-state index in [1.807, 2.05) is 11.4 Å². The number of anilines is 1. The molecular formula is C18H20N2O2S. The van der Waals surface area contributed by atoms with Gasteiger partial charge in [-0.2, -0.15) is 0 Å². The van der Waals surface area contributed by atoms with Gasteiger partial charge >= 0.3 is 0 Å². The summed E-state index contributed by atoms with van der Waals surface area (Å²) in [5.41, 5.74) is 3.02. The molecule has 0 bridgehead atoms. The molecular weight excluding hydrogens is 308 g/mol. The van der Waals surface area contributed by atoms with Crippen LogP contribution in [0, 0.1) is 0 Å². The highest BCUT2D eigenvalue weighted by molar-refractivity contribution is 7.10. The van der Waals surface area contributed by atoms with Gasteiger partial charge in [-0.3, -0.25) is 9.59 Å². The summed E-state index contributed by atoms with van der Waals surface area (Å²) >= 11 is 1.67. The van der Waals surface area contributed by atoms with Crippen LogP contribution in [0.5, 0.6) is 0 Å². The maximum atomic E-state index is 12.7. The van der Waals surface area contributed by atoms with Gasteiger partial charge in [0.25, 0.3) is 11.8 Å². The summed E-state index contributed by atoms with van der Waals surface area (Å²) in [6.45, 7) is 0. The Morgan fingerprint density at radius 3 is 2.61 bits per heavy atom. The first-order chi connectivity index (χ1) is 11.1. The lowest BCUT2D eigenvalue weighted by atomic mass is 9.95. The minimum atomic E-state index is -0.122. The Balaban J connectivity index is 1.87. The molecule has 0 fully saturated rings. The molecule has 1 aromatic heterocycles. The normalized spacial score (nSPS) is 13.3. The quantitative estimate of drug-likeness (QED) is 0.936. The molecule has 0 aliphatic heterocycles. The van der Waals surface area contributed by atoms with Gasteiger partial charge in [-0.05, 0) is 43.4 Å². The molecule has 23 heavy (non-hydrogen) atoms. The Labute approximate surface area is 140 Å². The molecule has 0 unspecified atom stereocenters. The van der Waals surface area contributed by atoms with Gasteiger partial charge in [0, 0.05) is 24.4 Å². The molecule has 1 heterocycles. The molecule has 1 aromatic carbocycles. The number of hydrogen-bond donors (Lipinski definition) is 1. The van der Waals surface area contributed by atoms with E-state index in [0.717, 1.165) is 24.8 Å². The van der Waals surface area contributed by atoms with Crippen LogP contribution < -0.4 is 5.32 Å². The molecule has 2 amide bonds. The number of rotatable bonds is 3. The third-order valence-corrected chi connectivity index (χ3v) is 5.21. The fourth-order valence-corrected chi connectivity index (χ4v) is 4.02. The molecule has 1 N–H and O–H groups in total. The monoisotopic (exact) mass is 328 g/mol. The van der Waals surface area contributed by atoms with E-state index in [0.29, 0.717) is 11.3 Å². The molecule has 0 saturated heterocycles. The number of para-hydroxylation sites is 1. The molecule has 2 aromatic rings. The van der Waals surface area contributed by atoms with Crippen LogP contribution in [-0.4, -0.2) is 30.8 Å². The summed E-state index contributed by atoms with van der Waals surface area (Å²) in [6.07, 6.45) is 4.39. The molecule has 0 atom stereocenters. The van der Waals surface area contributed by atoms with Gasteiger partial charge in [0.1, 0.15) is 0 Å². The Hall–Kier alpha value is -2.14. The number of benzene rings is 1. The minimum absolute atomic E-state index is 0.117. The van der Waals surface area contributed by atoms with E-state index in [1.165, 1.54) is 21.8 Å². The van der Waals surface area contributed by atoms with Gasteiger partial charge in [0.05, 0.1) is 16.8 Å². The number of carbonyl (C=O) groups excluding carboxylic acids is 2. The topological polar surface area (TPSA) is 49.4 Å². The van der Waals surface area contributed by atoms with Crippen molar-refractivity contribution in [2.75, 3.05) is 19.4 Å².